The van der Waals surface area contributed by atoms with Gasteiger partial charge in [0.25, 0.3) is 5.91 Å². The predicted molar refractivity (Wildman–Crippen MR) is 63.7 cm³/mol. The molecule has 0 aliphatic heterocycles. The molecule has 0 radical (unpaired) electrons. The highest BCUT2D eigenvalue weighted by Gasteiger charge is 2.26. The molecule has 0 aliphatic carbocycles. The van der Waals surface area contributed by atoms with Crippen molar-refractivity contribution in [3.8, 4) is 0 Å². The molecule has 0 saturated heterocycles. The van der Waals surface area contributed by atoms with E-state index >= 15 is 0 Å². The monoisotopic (exact) mass is 240 g/mol. The van der Waals surface area contributed by atoms with Gasteiger partial charge >= 0.3 is 0 Å². The van der Waals surface area contributed by atoms with Gasteiger partial charge in [-0.2, -0.15) is 0 Å². The molecule has 0 aromatic carbocycles. The smallest absolute Gasteiger partial charge is 0.273 e. The van der Waals surface area contributed by atoms with Crippen molar-refractivity contribution >= 4 is 5.91 Å². The lowest BCUT2D eigenvalue weighted by Gasteiger charge is -2.29. The normalized spacial score (nSPS) is 11.5. The molecule has 0 saturated carbocycles. The van der Waals surface area contributed by atoms with Crippen LogP contribution in [-0.4, -0.2) is 29.3 Å². The molecule has 1 aromatic heterocycles. The summed E-state index contributed by atoms with van der Waals surface area (Å²) < 4.78 is 4.84. The molecule has 0 spiro atoms. The van der Waals surface area contributed by atoms with Gasteiger partial charge < -0.3 is 14.9 Å². The van der Waals surface area contributed by atoms with Gasteiger partial charge in [0.05, 0.1) is 6.61 Å². The van der Waals surface area contributed by atoms with Crippen molar-refractivity contribution in [2.24, 2.45) is 5.41 Å². The molecule has 1 rings (SSSR count). The molecule has 2 N–H and O–H groups in total. The van der Waals surface area contributed by atoms with Crippen LogP contribution in [0, 0.1) is 12.3 Å². The number of amides is 1. The molecule has 96 valence electrons. The fraction of sp³-hybridized carbons (Fsp3) is 0.667. The third kappa shape index (κ3) is 3.30. The quantitative estimate of drug-likeness (QED) is 0.790. The van der Waals surface area contributed by atoms with E-state index in [9.17, 15) is 9.90 Å². The van der Waals surface area contributed by atoms with E-state index in [1.54, 1.807) is 13.0 Å². The summed E-state index contributed by atoms with van der Waals surface area (Å²) in [7, 11) is 0. The summed E-state index contributed by atoms with van der Waals surface area (Å²) in [5.74, 6) is 0.344. The Morgan fingerprint density at radius 1 is 1.53 bits per heavy atom. The lowest BCUT2D eigenvalue weighted by atomic mass is 9.83. The van der Waals surface area contributed by atoms with Crippen LogP contribution in [-0.2, 0) is 0 Å². The van der Waals surface area contributed by atoms with E-state index in [2.05, 4.69) is 10.5 Å². The third-order valence-corrected chi connectivity index (χ3v) is 3.32. The van der Waals surface area contributed by atoms with Crippen LogP contribution in [0.15, 0.2) is 10.6 Å². The van der Waals surface area contributed by atoms with E-state index in [4.69, 9.17) is 4.52 Å². The molecule has 17 heavy (non-hydrogen) atoms. The van der Waals surface area contributed by atoms with E-state index in [-0.39, 0.29) is 23.6 Å². The fourth-order valence-corrected chi connectivity index (χ4v) is 1.61. The van der Waals surface area contributed by atoms with Crippen LogP contribution in [0.2, 0.25) is 0 Å². The van der Waals surface area contributed by atoms with E-state index in [0.717, 1.165) is 12.8 Å². The highest BCUT2D eigenvalue weighted by molar-refractivity contribution is 5.92. The van der Waals surface area contributed by atoms with E-state index in [1.807, 2.05) is 13.8 Å². The SMILES string of the molecule is CCC(CC)(CO)CNC(=O)c1cc(C)on1. The second-order valence-corrected chi connectivity index (χ2v) is 4.37. The number of aliphatic hydroxyl groups is 1. The Morgan fingerprint density at radius 2 is 2.18 bits per heavy atom. The average Bonchev–Trinajstić information content (AvgIpc) is 2.78. The number of rotatable bonds is 6. The highest BCUT2D eigenvalue weighted by Crippen LogP contribution is 2.24. The zero-order valence-electron chi connectivity index (χ0n) is 10.6. The summed E-state index contributed by atoms with van der Waals surface area (Å²) in [6.07, 6.45) is 1.64. The molecule has 0 fully saturated rings. The number of hydrogen-bond donors (Lipinski definition) is 2. The minimum atomic E-state index is -0.262. The van der Waals surface area contributed by atoms with Crippen LogP contribution in [0.4, 0.5) is 0 Å². The van der Waals surface area contributed by atoms with Crippen molar-refractivity contribution in [1.29, 1.82) is 0 Å². The summed E-state index contributed by atoms with van der Waals surface area (Å²) in [6.45, 7) is 6.26. The summed E-state index contributed by atoms with van der Waals surface area (Å²) in [5, 5.41) is 15.8. The lowest BCUT2D eigenvalue weighted by Crippen LogP contribution is -2.39. The van der Waals surface area contributed by atoms with Crippen molar-refractivity contribution in [3.63, 3.8) is 0 Å². The standard InChI is InChI=1S/C12H20N2O3/c1-4-12(5-2,8-15)7-13-11(16)10-6-9(3)17-14-10/h6,15H,4-5,7-8H2,1-3H3,(H,13,16). The number of aliphatic hydroxyl groups excluding tert-OH is 1. The number of carbonyl (C=O) groups excluding carboxylic acids is 1. The van der Waals surface area contributed by atoms with Crippen LogP contribution < -0.4 is 5.32 Å². The number of nitrogens with zero attached hydrogens (tertiary/aromatic N) is 1. The Kier molecular flexibility index (Phi) is 4.69. The molecule has 0 atom stereocenters. The lowest BCUT2D eigenvalue weighted by molar-refractivity contribution is 0.0843. The summed E-state index contributed by atoms with van der Waals surface area (Å²) in [6, 6.07) is 1.59. The fourth-order valence-electron chi connectivity index (χ4n) is 1.61. The molecule has 0 unspecified atom stereocenters. The molecule has 0 aliphatic rings. The van der Waals surface area contributed by atoms with Gasteiger partial charge in [-0.1, -0.05) is 19.0 Å². The zero-order chi connectivity index (χ0) is 12.9. The number of aryl methyl sites for hydroxylation is 1. The van der Waals surface area contributed by atoms with E-state index < -0.39 is 0 Å². The van der Waals surface area contributed by atoms with Crippen molar-refractivity contribution < 1.29 is 14.4 Å². The second kappa shape index (κ2) is 5.82. The van der Waals surface area contributed by atoms with Gasteiger partial charge in [0.1, 0.15) is 5.76 Å². The molecule has 0 bridgehead atoms. The Hall–Kier alpha value is -1.36. The first-order valence-electron chi connectivity index (χ1n) is 5.89. The first kappa shape index (κ1) is 13.7. The summed E-state index contributed by atoms with van der Waals surface area (Å²) in [4.78, 5) is 11.7. The van der Waals surface area contributed by atoms with Gasteiger partial charge in [0, 0.05) is 18.0 Å². The van der Waals surface area contributed by atoms with Crippen LogP contribution >= 0.6 is 0 Å². The third-order valence-electron chi connectivity index (χ3n) is 3.32. The molecule has 1 heterocycles. The second-order valence-electron chi connectivity index (χ2n) is 4.37. The van der Waals surface area contributed by atoms with Crippen LogP contribution in [0.5, 0.6) is 0 Å². The maximum atomic E-state index is 11.7. The Morgan fingerprint density at radius 3 is 2.59 bits per heavy atom. The van der Waals surface area contributed by atoms with Gasteiger partial charge in [-0.15, -0.1) is 0 Å². The van der Waals surface area contributed by atoms with Crippen LogP contribution in [0.3, 0.4) is 0 Å². The summed E-state index contributed by atoms with van der Waals surface area (Å²) >= 11 is 0. The molecule has 1 amide bonds. The maximum Gasteiger partial charge on any atom is 0.273 e. The molecular formula is C12H20N2O3. The first-order valence-corrected chi connectivity index (χ1v) is 5.89. The Balaban J connectivity index is 2.58. The number of nitrogens with one attached hydrogen (secondary N) is 1. The van der Waals surface area contributed by atoms with Crippen molar-refractivity contribution in [2.45, 2.75) is 33.6 Å². The number of hydrogen-bond acceptors (Lipinski definition) is 4. The largest absolute Gasteiger partial charge is 0.396 e. The number of aromatic nitrogens is 1. The van der Waals surface area contributed by atoms with E-state index in [0.29, 0.717) is 12.3 Å². The molecule has 5 nitrogen and oxygen atoms in total. The Bertz CT molecular complexity index is 361. The first-order chi connectivity index (χ1) is 8.06. The maximum absolute atomic E-state index is 11.7. The Labute approximate surface area is 101 Å². The number of carbonyl (C=O) groups is 1. The van der Waals surface area contributed by atoms with E-state index in [1.165, 1.54) is 0 Å². The van der Waals surface area contributed by atoms with Gasteiger partial charge in [0.2, 0.25) is 0 Å². The van der Waals surface area contributed by atoms with Crippen molar-refractivity contribution in [3.05, 3.63) is 17.5 Å². The molecule has 1 aromatic rings. The summed E-state index contributed by atoms with van der Waals surface area (Å²) in [5.41, 5.74) is 0.0376. The van der Waals surface area contributed by atoms with Crippen molar-refractivity contribution in [1.82, 2.24) is 10.5 Å². The predicted octanol–water partition coefficient (Wildman–Crippen LogP) is 1.51. The minimum Gasteiger partial charge on any atom is -0.396 e. The topological polar surface area (TPSA) is 75.4 Å². The van der Waals surface area contributed by atoms with Gasteiger partial charge in [0.15, 0.2) is 5.69 Å². The van der Waals surface area contributed by atoms with Crippen LogP contribution in [0.1, 0.15) is 42.9 Å². The zero-order valence-corrected chi connectivity index (χ0v) is 10.6. The van der Waals surface area contributed by atoms with Crippen molar-refractivity contribution in [2.75, 3.05) is 13.2 Å². The van der Waals surface area contributed by atoms with Gasteiger partial charge in [-0.3, -0.25) is 4.79 Å². The minimum absolute atomic E-state index is 0.0676. The average molecular weight is 240 g/mol. The van der Waals surface area contributed by atoms with Gasteiger partial charge in [-0.25, -0.2) is 0 Å². The molecular weight excluding hydrogens is 220 g/mol. The van der Waals surface area contributed by atoms with Crippen LogP contribution in [0.25, 0.3) is 0 Å². The highest BCUT2D eigenvalue weighted by atomic mass is 16.5. The van der Waals surface area contributed by atoms with Gasteiger partial charge in [-0.05, 0) is 19.8 Å². The molecule has 5 heteroatoms.